The van der Waals surface area contributed by atoms with Gasteiger partial charge in [-0.3, -0.25) is 4.90 Å². The van der Waals surface area contributed by atoms with Crippen molar-refractivity contribution in [2.45, 2.75) is 48.9 Å². The molecule has 0 aromatic carbocycles. The molecule has 1 aliphatic carbocycles. The third kappa shape index (κ3) is 1.25. The van der Waals surface area contributed by atoms with E-state index in [1.165, 1.54) is 44.4 Å². The molecule has 14 heavy (non-hydrogen) atoms. The van der Waals surface area contributed by atoms with Crippen LogP contribution < -0.4 is 5.73 Å². The smallest absolute Gasteiger partial charge is 0.0335 e. The van der Waals surface area contributed by atoms with Crippen LogP contribution in [-0.2, 0) is 0 Å². The molecule has 3 heteroatoms. The summed E-state index contributed by atoms with van der Waals surface area (Å²) in [5.41, 5.74) is 6.45. The van der Waals surface area contributed by atoms with E-state index in [2.05, 4.69) is 16.7 Å². The first-order chi connectivity index (χ1) is 6.84. The molecule has 2 N–H and O–H groups in total. The first-order valence-electron chi connectivity index (χ1n) is 5.92. The summed E-state index contributed by atoms with van der Waals surface area (Å²) >= 11 is 2.18. The SMILES string of the molecule is NCC1(N2CC3CC2CS3)CCCC1. The molecule has 2 unspecified atom stereocenters. The summed E-state index contributed by atoms with van der Waals surface area (Å²) in [6, 6.07) is 0.867. The Hall–Kier alpha value is 0.270. The quantitative estimate of drug-likeness (QED) is 0.751. The lowest BCUT2D eigenvalue weighted by molar-refractivity contribution is 0.0928. The van der Waals surface area contributed by atoms with Crippen molar-refractivity contribution >= 4 is 11.8 Å². The minimum atomic E-state index is 0.417. The van der Waals surface area contributed by atoms with Crippen LogP contribution in [0.3, 0.4) is 0 Å². The van der Waals surface area contributed by atoms with E-state index in [-0.39, 0.29) is 0 Å². The van der Waals surface area contributed by atoms with Crippen LogP contribution in [0, 0.1) is 0 Å². The van der Waals surface area contributed by atoms with Crippen molar-refractivity contribution in [1.82, 2.24) is 4.90 Å². The molecule has 0 amide bonds. The van der Waals surface area contributed by atoms with Gasteiger partial charge in [0, 0.05) is 35.7 Å². The van der Waals surface area contributed by atoms with E-state index in [9.17, 15) is 0 Å². The molecule has 80 valence electrons. The zero-order chi connectivity index (χ0) is 9.60. The standard InChI is InChI=1S/C11H20N2S/c12-8-11(3-1-2-4-11)13-6-10-5-9(13)7-14-10/h9-10H,1-8,12H2. The Morgan fingerprint density at radius 1 is 1.36 bits per heavy atom. The molecule has 2 aliphatic heterocycles. The number of nitrogens with zero attached hydrogens (tertiary/aromatic N) is 1. The lowest BCUT2D eigenvalue weighted by Gasteiger charge is -2.43. The van der Waals surface area contributed by atoms with Crippen LogP contribution in [-0.4, -0.2) is 40.6 Å². The summed E-state index contributed by atoms with van der Waals surface area (Å²) in [7, 11) is 0. The number of fused-ring (bicyclic) bond motifs is 2. The molecule has 0 aromatic rings. The van der Waals surface area contributed by atoms with Crippen molar-refractivity contribution in [2.75, 3.05) is 18.8 Å². The molecule has 3 fully saturated rings. The van der Waals surface area contributed by atoms with Gasteiger partial charge >= 0.3 is 0 Å². The number of hydrogen-bond donors (Lipinski definition) is 1. The molecule has 3 rings (SSSR count). The molecule has 0 radical (unpaired) electrons. The average molecular weight is 212 g/mol. The van der Waals surface area contributed by atoms with Gasteiger partial charge in [-0.1, -0.05) is 12.8 Å². The Bertz CT molecular complexity index is 225. The monoisotopic (exact) mass is 212 g/mol. The van der Waals surface area contributed by atoms with Crippen LogP contribution in [0.15, 0.2) is 0 Å². The summed E-state index contributed by atoms with van der Waals surface area (Å²) < 4.78 is 0. The molecule has 2 saturated heterocycles. The highest BCUT2D eigenvalue weighted by Gasteiger charge is 2.49. The second-order valence-electron chi connectivity index (χ2n) is 5.13. The number of likely N-dealkylation sites (tertiary alicyclic amines) is 1. The maximum Gasteiger partial charge on any atom is 0.0335 e. The molecular weight excluding hydrogens is 192 g/mol. The minimum absolute atomic E-state index is 0.417. The van der Waals surface area contributed by atoms with Gasteiger partial charge in [0.15, 0.2) is 0 Å². The molecule has 2 bridgehead atoms. The van der Waals surface area contributed by atoms with Crippen LogP contribution >= 0.6 is 11.8 Å². The molecule has 0 aromatic heterocycles. The van der Waals surface area contributed by atoms with Crippen molar-refractivity contribution < 1.29 is 0 Å². The van der Waals surface area contributed by atoms with E-state index in [0.29, 0.717) is 5.54 Å². The lowest BCUT2D eigenvalue weighted by Crippen LogP contribution is -2.55. The zero-order valence-electron chi connectivity index (χ0n) is 8.74. The molecule has 3 aliphatic rings. The molecule has 2 atom stereocenters. The zero-order valence-corrected chi connectivity index (χ0v) is 9.56. The van der Waals surface area contributed by atoms with Crippen LogP contribution in [0.5, 0.6) is 0 Å². The fourth-order valence-corrected chi connectivity index (χ4v) is 5.06. The summed E-state index contributed by atoms with van der Waals surface area (Å²) in [4.78, 5) is 2.78. The van der Waals surface area contributed by atoms with Crippen LogP contribution in [0.4, 0.5) is 0 Å². The van der Waals surface area contributed by atoms with Gasteiger partial charge in [-0.25, -0.2) is 0 Å². The van der Waals surface area contributed by atoms with Crippen molar-refractivity contribution in [1.29, 1.82) is 0 Å². The topological polar surface area (TPSA) is 29.3 Å². The van der Waals surface area contributed by atoms with E-state index >= 15 is 0 Å². The van der Waals surface area contributed by atoms with Gasteiger partial charge < -0.3 is 5.73 Å². The fourth-order valence-electron chi connectivity index (χ4n) is 3.62. The normalized spacial score (nSPS) is 40.9. The first kappa shape index (κ1) is 9.49. The summed E-state index contributed by atoms with van der Waals surface area (Å²) in [5.74, 6) is 1.37. The largest absolute Gasteiger partial charge is 0.329 e. The van der Waals surface area contributed by atoms with E-state index in [4.69, 9.17) is 5.73 Å². The van der Waals surface area contributed by atoms with Gasteiger partial charge in [0.05, 0.1) is 0 Å². The van der Waals surface area contributed by atoms with Gasteiger partial charge in [0.25, 0.3) is 0 Å². The minimum Gasteiger partial charge on any atom is -0.329 e. The average Bonchev–Trinajstić information content (AvgIpc) is 2.94. The van der Waals surface area contributed by atoms with Gasteiger partial charge in [-0.05, 0) is 19.3 Å². The van der Waals surface area contributed by atoms with Crippen molar-refractivity contribution in [3.63, 3.8) is 0 Å². The second-order valence-corrected chi connectivity index (χ2v) is 6.47. The highest BCUT2D eigenvalue weighted by atomic mass is 32.2. The summed E-state index contributed by atoms with van der Waals surface area (Å²) in [5, 5.41) is 0.934. The summed E-state index contributed by atoms with van der Waals surface area (Å²) in [6.45, 7) is 2.22. The molecule has 2 nitrogen and oxygen atoms in total. The Balaban J connectivity index is 1.80. The van der Waals surface area contributed by atoms with E-state index in [1.807, 2.05) is 0 Å². The third-order valence-corrected chi connectivity index (χ3v) is 5.81. The summed E-state index contributed by atoms with van der Waals surface area (Å²) in [6.07, 6.45) is 6.96. The molecular formula is C11H20N2S. The van der Waals surface area contributed by atoms with E-state index in [0.717, 1.165) is 17.8 Å². The van der Waals surface area contributed by atoms with E-state index < -0.39 is 0 Å². The highest BCUT2D eigenvalue weighted by Crippen LogP contribution is 2.45. The van der Waals surface area contributed by atoms with Gasteiger partial charge in [-0.15, -0.1) is 0 Å². The first-order valence-corrected chi connectivity index (χ1v) is 6.97. The van der Waals surface area contributed by atoms with Crippen LogP contribution in [0.2, 0.25) is 0 Å². The Labute approximate surface area is 90.6 Å². The predicted molar refractivity (Wildman–Crippen MR) is 61.6 cm³/mol. The molecule has 2 heterocycles. The Morgan fingerprint density at radius 3 is 2.64 bits per heavy atom. The lowest BCUT2D eigenvalue weighted by atomic mass is 9.94. The van der Waals surface area contributed by atoms with Crippen LogP contribution in [0.25, 0.3) is 0 Å². The number of thioether (sulfide) groups is 1. The van der Waals surface area contributed by atoms with Crippen molar-refractivity contribution in [2.24, 2.45) is 5.73 Å². The maximum absolute atomic E-state index is 6.03. The molecule has 1 saturated carbocycles. The van der Waals surface area contributed by atoms with Gasteiger partial charge in [-0.2, -0.15) is 11.8 Å². The van der Waals surface area contributed by atoms with Gasteiger partial charge in [0.1, 0.15) is 0 Å². The fraction of sp³-hybridized carbons (Fsp3) is 1.00. The number of nitrogens with two attached hydrogens (primary N) is 1. The van der Waals surface area contributed by atoms with Crippen molar-refractivity contribution in [3.8, 4) is 0 Å². The van der Waals surface area contributed by atoms with Crippen LogP contribution in [0.1, 0.15) is 32.1 Å². The van der Waals surface area contributed by atoms with E-state index in [1.54, 1.807) is 0 Å². The van der Waals surface area contributed by atoms with Gasteiger partial charge in [0.2, 0.25) is 0 Å². The molecule has 0 spiro atoms. The van der Waals surface area contributed by atoms with Crippen molar-refractivity contribution in [3.05, 3.63) is 0 Å². The Morgan fingerprint density at radius 2 is 2.14 bits per heavy atom. The highest BCUT2D eigenvalue weighted by molar-refractivity contribution is 8.00. The number of rotatable bonds is 2. The number of hydrogen-bond acceptors (Lipinski definition) is 3. The Kier molecular flexibility index (Phi) is 2.30. The maximum atomic E-state index is 6.03. The third-order valence-electron chi connectivity index (χ3n) is 4.42. The predicted octanol–water partition coefficient (Wildman–Crippen LogP) is 1.45. The second kappa shape index (κ2) is 3.39.